The maximum absolute atomic E-state index is 6.34. The molecule has 2 rings (SSSR count). The molecule has 0 bridgehead atoms. The summed E-state index contributed by atoms with van der Waals surface area (Å²) >= 11 is 0. The lowest BCUT2D eigenvalue weighted by Crippen LogP contribution is -2.27. The lowest BCUT2D eigenvalue weighted by atomic mass is 9.91. The molecule has 0 heterocycles. The number of allylic oxidation sites excluding steroid dienone is 1. The van der Waals surface area contributed by atoms with Crippen molar-refractivity contribution >= 4 is 5.76 Å². The number of nitrogens with zero attached hydrogens (tertiary/aromatic N) is 1. The van der Waals surface area contributed by atoms with Crippen LogP contribution in [0.2, 0.25) is 0 Å². The molecule has 2 nitrogen and oxygen atoms in total. The molecule has 134 valence electrons. The van der Waals surface area contributed by atoms with Gasteiger partial charge in [0.05, 0.1) is 0 Å². The highest BCUT2D eigenvalue weighted by atomic mass is 16.5. The van der Waals surface area contributed by atoms with E-state index in [2.05, 4.69) is 56.9 Å². The van der Waals surface area contributed by atoms with Crippen molar-refractivity contribution in [1.82, 2.24) is 4.90 Å². The molecule has 1 aromatic rings. The van der Waals surface area contributed by atoms with Gasteiger partial charge in [0.15, 0.2) is 0 Å². The first kappa shape index (κ1) is 19.1. The summed E-state index contributed by atoms with van der Waals surface area (Å²) < 4.78 is 6.34. The van der Waals surface area contributed by atoms with Crippen LogP contribution in [0.25, 0.3) is 5.76 Å². The molecule has 0 amide bonds. The van der Waals surface area contributed by atoms with Crippen LogP contribution in [0.5, 0.6) is 0 Å². The van der Waals surface area contributed by atoms with Crippen LogP contribution in [0, 0.1) is 0 Å². The minimum atomic E-state index is 0.577. The predicted octanol–water partition coefficient (Wildman–Crippen LogP) is 5.84. The van der Waals surface area contributed by atoms with Crippen molar-refractivity contribution in [3.05, 3.63) is 41.0 Å². The van der Waals surface area contributed by atoms with E-state index in [1.807, 2.05) is 0 Å². The zero-order chi connectivity index (χ0) is 17.4. The van der Waals surface area contributed by atoms with Gasteiger partial charge in [-0.1, -0.05) is 58.4 Å². The lowest BCUT2D eigenvalue weighted by molar-refractivity contribution is 0.199. The van der Waals surface area contributed by atoms with Gasteiger partial charge in [-0.3, -0.25) is 0 Å². The van der Waals surface area contributed by atoms with Gasteiger partial charge in [-0.05, 0) is 55.8 Å². The smallest absolute Gasteiger partial charge is 0.125 e. The molecule has 24 heavy (non-hydrogen) atoms. The van der Waals surface area contributed by atoms with Gasteiger partial charge in [0.1, 0.15) is 12.4 Å². The van der Waals surface area contributed by atoms with Crippen LogP contribution in [0.1, 0.15) is 76.8 Å². The number of hydrogen-bond donors (Lipinski definition) is 0. The topological polar surface area (TPSA) is 12.5 Å². The molecule has 0 saturated heterocycles. The van der Waals surface area contributed by atoms with E-state index in [0.29, 0.717) is 5.92 Å². The van der Waals surface area contributed by atoms with E-state index >= 15 is 0 Å². The zero-order valence-electron chi connectivity index (χ0n) is 16.1. The highest BCUT2D eigenvalue weighted by molar-refractivity contribution is 5.63. The maximum atomic E-state index is 6.34. The average Bonchev–Trinajstić information content (AvgIpc) is 2.63. The third kappa shape index (κ3) is 5.37. The van der Waals surface area contributed by atoms with Gasteiger partial charge < -0.3 is 9.64 Å². The zero-order valence-corrected chi connectivity index (χ0v) is 16.1. The van der Waals surface area contributed by atoms with Crippen LogP contribution >= 0.6 is 0 Å². The minimum Gasteiger partial charge on any atom is -0.492 e. The summed E-state index contributed by atoms with van der Waals surface area (Å²) in [5.74, 6) is 1.74. The van der Waals surface area contributed by atoms with Crippen molar-refractivity contribution in [2.24, 2.45) is 0 Å². The Kier molecular flexibility index (Phi) is 7.84. The molecule has 1 aliphatic rings. The quantitative estimate of drug-likeness (QED) is 0.555. The largest absolute Gasteiger partial charge is 0.492 e. The second-order valence-electron chi connectivity index (χ2n) is 7.15. The van der Waals surface area contributed by atoms with E-state index in [9.17, 15) is 0 Å². The van der Waals surface area contributed by atoms with Crippen LogP contribution in [0.3, 0.4) is 0 Å². The summed E-state index contributed by atoms with van der Waals surface area (Å²) in [6.07, 6.45) is 6.38. The van der Waals surface area contributed by atoms with E-state index in [1.54, 1.807) is 0 Å². The maximum Gasteiger partial charge on any atom is 0.125 e. The fourth-order valence-corrected chi connectivity index (χ4v) is 3.43. The highest BCUT2D eigenvalue weighted by Crippen LogP contribution is 2.32. The Hall–Kier alpha value is -1.28. The molecule has 1 saturated carbocycles. The molecule has 1 aromatic carbocycles. The van der Waals surface area contributed by atoms with Gasteiger partial charge >= 0.3 is 0 Å². The fraction of sp³-hybridized carbons (Fsp3) is 0.636. The number of likely N-dealkylation sites (N-methyl/N-ethyl adjacent to an activating group) is 1. The standard InChI is InChI=1S/C22H35NO/c1-5-23(6-2)16-17-24-22(20-10-8-7-9-11-20)21-14-12-19(13-15-21)18(3)4/h12-15,18H,5-11,16-17H2,1-4H3. The van der Waals surface area contributed by atoms with Gasteiger partial charge in [0.2, 0.25) is 0 Å². The lowest BCUT2D eigenvalue weighted by Gasteiger charge is -2.23. The predicted molar refractivity (Wildman–Crippen MR) is 104 cm³/mol. The van der Waals surface area contributed by atoms with Crippen molar-refractivity contribution in [1.29, 1.82) is 0 Å². The van der Waals surface area contributed by atoms with Gasteiger partial charge in [-0.25, -0.2) is 0 Å². The van der Waals surface area contributed by atoms with Crippen LogP contribution in [-0.2, 0) is 4.74 Å². The average molecular weight is 330 g/mol. The summed E-state index contributed by atoms with van der Waals surface area (Å²) in [6.45, 7) is 12.9. The third-order valence-corrected chi connectivity index (χ3v) is 5.17. The first-order valence-electron chi connectivity index (χ1n) is 9.83. The Morgan fingerprint density at radius 1 is 1.00 bits per heavy atom. The van der Waals surface area contributed by atoms with Crippen molar-refractivity contribution in [2.45, 2.75) is 65.7 Å². The summed E-state index contributed by atoms with van der Waals surface area (Å²) in [5.41, 5.74) is 4.18. The number of hydrogen-bond acceptors (Lipinski definition) is 2. The first-order valence-corrected chi connectivity index (χ1v) is 9.83. The number of ether oxygens (including phenoxy) is 1. The van der Waals surface area contributed by atoms with Crippen molar-refractivity contribution in [3.63, 3.8) is 0 Å². The van der Waals surface area contributed by atoms with Gasteiger partial charge in [0.25, 0.3) is 0 Å². The van der Waals surface area contributed by atoms with Gasteiger partial charge in [-0.2, -0.15) is 0 Å². The molecule has 0 atom stereocenters. The number of benzene rings is 1. The molecule has 0 aromatic heterocycles. The van der Waals surface area contributed by atoms with Crippen LogP contribution in [0.4, 0.5) is 0 Å². The molecule has 1 aliphatic carbocycles. The van der Waals surface area contributed by atoms with Crippen molar-refractivity contribution < 1.29 is 4.74 Å². The molecule has 0 N–H and O–H groups in total. The third-order valence-electron chi connectivity index (χ3n) is 5.17. The van der Waals surface area contributed by atoms with E-state index in [0.717, 1.165) is 32.0 Å². The summed E-state index contributed by atoms with van der Waals surface area (Å²) in [6, 6.07) is 9.03. The summed E-state index contributed by atoms with van der Waals surface area (Å²) in [5, 5.41) is 0. The van der Waals surface area contributed by atoms with E-state index in [1.165, 1.54) is 48.8 Å². The van der Waals surface area contributed by atoms with Crippen molar-refractivity contribution in [2.75, 3.05) is 26.2 Å². The number of rotatable bonds is 8. The Balaban J connectivity index is 2.13. The molecule has 0 radical (unpaired) electrons. The van der Waals surface area contributed by atoms with Crippen LogP contribution in [-0.4, -0.2) is 31.1 Å². The SMILES string of the molecule is CCN(CC)CCOC(=C1CCCCC1)c1ccc(C(C)C)cc1. The molecule has 1 fully saturated rings. The first-order chi connectivity index (χ1) is 11.7. The fourth-order valence-electron chi connectivity index (χ4n) is 3.43. The second kappa shape index (κ2) is 9.88. The van der Waals surface area contributed by atoms with Gasteiger partial charge in [-0.15, -0.1) is 0 Å². The van der Waals surface area contributed by atoms with Crippen LogP contribution < -0.4 is 0 Å². The van der Waals surface area contributed by atoms with Gasteiger partial charge in [0, 0.05) is 12.1 Å². The summed E-state index contributed by atoms with van der Waals surface area (Å²) in [4.78, 5) is 2.42. The Morgan fingerprint density at radius 2 is 1.62 bits per heavy atom. The molecular formula is C22H35NO. The van der Waals surface area contributed by atoms with E-state index in [4.69, 9.17) is 4.74 Å². The van der Waals surface area contributed by atoms with Crippen molar-refractivity contribution in [3.8, 4) is 0 Å². The Morgan fingerprint density at radius 3 is 2.17 bits per heavy atom. The Bertz CT molecular complexity index is 503. The Labute approximate surface area is 148 Å². The molecule has 0 aliphatic heterocycles. The van der Waals surface area contributed by atoms with Crippen LogP contribution in [0.15, 0.2) is 29.8 Å². The monoisotopic (exact) mass is 329 g/mol. The highest BCUT2D eigenvalue weighted by Gasteiger charge is 2.15. The van der Waals surface area contributed by atoms with E-state index in [-0.39, 0.29) is 0 Å². The molecule has 2 heteroatoms. The summed E-state index contributed by atoms with van der Waals surface area (Å²) in [7, 11) is 0. The molecular weight excluding hydrogens is 294 g/mol. The normalized spacial score (nSPS) is 15.2. The molecule has 0 unspecified atom stereocenters. The minimum absolute atomic E-state index is 0.577. The van der Waals surface area contributed by atoms with E-state index < -0.39 is 0 Å². The molecule has 0 spiro atoms. The second-order valence-corrected chi connectivity index (χ2v) is 7.15.